The van der Waals surface area contributed by atoms with Crippen molar-refractivity contribution in [3.63, 3.8) is 0 Å². The standard InChI is InChI=1S/C14H20N2O7S2/c1-22-11-4-6-12(7-5-11)25(20,21)16-9-10(15-24(3,18)19)8-13(16)14(17)23-2/h4-7,10,13,15H,8-9H2,1-3H3/t10-,13+/m0/s1. The van der Waals surface area contributed by atoms with Crippen molar-refractivity contribution in [1.29, 1.82) is 0 Å². The zero-order valence-corrected chi connectivity index (χ0v) is 15.6. The number of nitrogens with one attached hydrogen (secondary N) is 1. The molecule has 140 valence electrons. The van der Waals surface area contributed by atoms with Gasteiger partial charge in [-0.25, -0.2) is 21.6 Å². The molecule has 1 aromatic carbocycles. The van der Waals surface area contributed by atoms with Crippen LogP contribution in [-0.2, 0) is 29.6 Å². The van der Waals surface area contributed by atoms with Gasteiger partial charge in [0.05, 0.1) is 25.4 Å². The average molecular weight is 392 g/mol. The summed E-state index contributed by atoms with van der Waals surface area (Å²) < 4.78 is 61.6. The lowest BCUT2D eigenvalue weighted by atomic mass is 10.2. The van der Waals surface area contributed by atoms with Crippen LogP contribution in [0.4, 0.5) is 0 Å². The molecule has 2 atom stereocenters. The SMILES string of the molecule is COC(=O)[C@H]1C[C@H](NS(C)(=O)=O)CN1S(=O)(=O)c1ccc(OC)cc1. The number of ether oxygens (including phenoxy) is 2. The molecule has 1 aromatic rings. The minimum atomic E-state index is -4.01. The summed E-state index contributed by atoms with van der Waals surface area (Å²) >= 11 is 0. The fraction of sp³-hybridized carbons (Fsp3) is 0.500. The van der Waals surface area contributed by atoms with Crippen molar-refractivity contribution in [3.8, 4) is 5.75 Å². The maximum atomic E-state index is 12.9. The van der Waals surface area contributed by atoms with Crippen molar-refractivity contribution < 1.29 is 31.1 Å². The van der Waals surface area contributed by atoms with Gasteiger partial charge in [-0.1, -0.05) is 0 Å². The summed E-state index contributed by atoms with van der Waals surface area (Å²) in [7, 11) is -4.95. The molecule has 0 aromatic heterocycles. The molecule has 2 rings (SSSR count). The highest BCUT2D eigenvalue weighted by molar-refractivity contribution is 7.89. The molecule has 0 radical (unpaired) electrons. The predicted molar refractivity (Wildman–Crippen MR) is 89.1 cm³/mol. The minimum absolute atomic E-state index is 0.00483. The van der Waals surface area contributed by atoms with E-state index in [4.69, 9.17) is 4.74 Å². The zero-order chi connectivity index (χ0) is 18.8. The number of benzene rings is 1. The molecule has 1 aliphatic heterocycles. The van der Waals surface area contributed by atoms with Gasteiger partial charge in [0.25, 0.3) is 0 Å². The van der Waals surface area contributed by atoms with E-state index in [-0.39, 0.29) is 17.9 Å². The fourth-order valence-corrected chi connectivity index (χ4v) is 5.10. The molecular weight excluding hydrogens is 372 g/mol. The van der Waals surface area contributed by atoms with Gasteiger partial charge >= 0.3 is 5.97 Å². The second kappa shape index (κ2) is 7.28. The normalized spacial score (nSPS) is 21.9. The largest absolute Gasteiger partial charge is 0.497 e. The second-order valence-electron chi connectivity index (χ2n) is 5.61. The molecule has 0 bridgehead atoms. The molecular formula is C14H20N2O7S2. The van der Waals surface area contributed by atoms with Crippen LogP contribution >= 0.6 is 0 Å². The molecule has 1 fully saturated rings. The molecule has 25 heavy (non-hydrogen) atoms. The van der Waals surface area contributed by atoms with Crippen LogP contribution < -0.4 is 9.46 Å². The monoisotopic (exact) mass is 392 g/mol. The summed E-state index contributed by atoms with van der Waals surface area (Å²) in [4.78, 5) is 12.0. The van der Waals surface area contributed by atoms with Crippen LogP contribution in [0.5, 0.6) is 5.75 Å². The van der Waals surface area contributed by atoms with Crippen molar-refractivity contribution >= 4 is 26.0 Å². The highest BCUT2D eigenvalue weighted by Crippen LogP contribution is 2.28. The van der Waals surface area contributed by atoms with E-state index >= 15 is 0 Å². The maximum absolute atomic E-state index is 12.9. The van der Waals surface area contributed by atoms with E-state index in [1.807, 2.05) is 0 Å². The lowest BCUT2D eigenvalue weighted by Gasteiger charge is -2.22. The van der Waals surface area contributed by atoms with Gasteiger partial charge in [-0.15, -0.1) is 0 Å². The van der Waals surface area contributed by atoms with Gasteiger partial charge in [0.2, 0.25) is 20.0 Å². The molecule has 0 amide bonds. The maximum Gasteiger partial charge on any atom is 0.324 e. The highest BCUT2D eigenvalue weighted by atomic mass is 32.2. The minimum Gasteiger partial charge on any atom is -0.497 e. The number of methoxy groups -OCH3 is 2. The van der Waals surface area contributed by atoms with Crippen LogP contribution in [0.15, 0.2) is 29.2 Å². The third-order valence-corrected chi connectivity index (χ3v) is 6.43. The summed E-state index contributed by atoms with van der Waals surface area (Å²) in [6, 6.07) is 3.88. The fourth-order valence-electron chi connectivity index (χ4n) is 2.69. The van der Waals surface area contributed by atoms with Gasteiger partial charge in [0, 0.05) is 12.6 Å². The molecule has 1 aliphatic rings. The number of hydrogen-bond acceptors (Lipinski definition) is 7. The van der Waals surface area contributed by atoms with Crippen molar-refractivity contribution in [2.75, 3.05) is 27.0 Å². The Morgan fingerprint density at radius 2 is 1.76 bits per heavy atom. The van der Waals surface area contributed by atoms with Gasteiger partial charge in [0.15, 0.2) is 0 Å². The van der Waals surface area contributed by atoms with Gasteiger partial charge in [0.1, 0.15) is 11.8 Å². The van der Waals surface area contributed by atoms with Gasteiger partial charge in [-0.3, -0.25) is 4.79 Å². The molecule has 0 aliphatic carbocycles. The number of esters is 1. The first-order chi connectivity index (χ1) is 11.6. The number of rotatable bonds is 6. The molecule has 0 unspecified atom stereocenters. The smallest absolute Gasteiger partial charge is 0.324 e. The third kappa shape index (κ3) is 4.48. The summed E-state index contributed by atoms with van der Waals surface area (Å²) in [5.74, 6) is -0.253. The van der Waals surface area contributed by atoms with Crippen molar-refractivity contribution in [1.82, 2.24) is 9.03 Å². The highest BCUT2D eigenvalue weighted by Gasteiger charge is 2.45. The Balaban J connectivity index is 2.35. The Kier molecular flexibility index (Phi) is 5.72. The Hall–Kier alpha value is -1.69. The number of carbonyl (C=O) groups is 1. The Labute approximate surface area is 147 Å². The van der Waals surface area contributed by atoms with Crippen LogP contribution in [0.1, 0.15) is 6.42 Å². The first-order valence-electron chi connectivity index (χ1n) is 7.29. The van der Waals surface area contributed by atoms with Crippen LogP contribution in [-0.4, -0.2) is 66.2 Å². The Morgan fingerprint density at radius 3 is 2.24 bits per heavy atom. The number of hydrogen-bond donors (Lipinski definition) is 1. The summed E-state index contributed by atoms with van der Waals surface area (Å²) in [6.07, 6.45) is 0.968. The Bertz CT molecular complexity index is 834. The lowest BCUT2D eigenvalue weighted by Crippen LogP contribution is -2.41. The lowest BCUT2D eigenvalue weighted by molar-refractivity contribution is -0.144. The Morgan fingerprint density at radius 1 is 1.16 bits per heavy atom. The number of carbonyl (C=O) groups excluding carboxylic acids is 1. The van der Waals surface area contributed by atoms with Crippen LogP contribution in [0, 0.1) is 0 Å². The van der Waals surface area contributed by atoms with E-state index in [1.165, 1.54) is 31.4 Å². The van der Waals surface area contributed by atoms with Gasteiger partial charge < -0.3 is 9.47 Å². The van der Waals surface area contributed by atoms with Crippen LogP contribution in [0.25, 0.3) is 0 Å². The van der Waals surface area contributed by atoms with E-state index < -0.39 is 38.1 Å². The average Bonchev–Trinajstić information content (AvgIpc) is 2.96. The molecule has 0 spiro atoms. The number of sulfonamides is 2. The molecule has 1 N–H and O–H groups in total. The molecule has 0 saturated carbocycles. The van der Waals surface area contributed by atoms with Crippen LogP contribution in [0.3, 0.4) is 0 Å². The first-order valence-corrected chi connectivity index (χ1v) is 10.6. The molecule has 1 heterocycles. The van der Waals surface area contributed by atoms with E-state index in [1.54, 1.807) is 0 Å². The van der Waals surface area contributed by atoms with Gasteiger partial charge in [-0.05, 0) is 30.7 Å². The van der Waals surface area contributed by atoms with Crippen LogP contribution in [0.2, 0.25) is 0 Å². The van der Waals surface area contributed by atoms with E-state index in [0.29, 0.717) is 5.75 Å². The van der Waals surface area contributed by atoms with Gasteiger partial charge in [-0.2, -0.15) is 4.31 Å². The van der Waals surface area contributed by atoms with E-state index in [9.17, 15) is 21.6 Å². The topological polar surface area (TPSA) is 119 Å². The molecule has 1 saturated heterocycles. The quantitative estimate of drug-likeness (QED) is 0.651. The van der Waals surface area contributed by atoms with Crippen molar-refractivity contribution in [2.45, 2.75) is 23.4 Å². The van der Waals surface area contributed by atoms with Crippen molar-refractivity contribution in [2.24, 2.45) is 0 Å². The first kappa shape index (κ1) is 19.6. The van der Waals surface area contributed by atoms with Crippen molar-refractivity contribution in [3.05, 3.63) is 24.3 Å². The third-order valence-electron chi connectivity index (χ3n) is 3.78. The zero-order valence-electron chi connectivity index (χ0n) is 14.0. The summed E-state index contributed by atoms with van der Waals surface area (Å²) in [6.45, 7) is -0.165. The van der Waals surface area contributed by atoms with E-state index in [2.05, 4.69) is 9.46 Å². The number of nitrogens with zero attached hydrogens (tertiary/aromatic N) is 1. The summed E-state index contributed by atoms with van der Waals surface area (Å²) in [5.41, 5.74) is 0. The predicted octanol–water partition coefficient (Wildman–Crippen LogP) is -0.451. The molecule has 9 nitrogen and oxygen atoms in total. The molecule has 11 heteroatoms. The van der Waals surface area contributed by atoms with E-state index in [0.717, 1.165) is 17.7 Å². The second-order valence-corrected chi connectivity index (χ2v) is 9.28. The summed E-state index contributed by atoms with van der Waals surface area (Å²) in [5, 5.41) is 0.